The maximum atomic E-state index is 8.92. The first-order valence-corrected chi connectivity index (χ1v) is 8.74. The predicted octanol–water partition coefficient (Wildman–Crippen LogP) is 4.53. The van der Waals surface area contributed by atoms with Crippen molar-refractivity contribution >= 4 is 35.3 Å². The summed E-state index contributed by atoms with van der Waals surface area (Å²) in [4.78, 5) is 13.2. The van der Waals surface area contributed by atoms with Gasteiger partial charge in [-0.3, -0.25) is 0 Å². The average molecular weight is 371 g/mol. The van der Waals surface area contributed by atoms with Gasteiger partial charge in [-0.1, -0.05) is 12.7 Å². The first kappa shape index (κ1) is 18.9. The molecule has 0 saturated carbocycles. The Morgan fingerprint density at radius 1 is 0.929 bits per heavy atom. The molecule has 2 aromatic carbocycles. The molecule has 7 nitrogen and oxygen atoms in total. The van der Waals surface area contributed by atoms with Crippen LogP contribution in [0.4, 0.5) is 29.2 Å². The summed E-state index contributed by atoms with van der Waals surface area (Å²) in [7, 11) is 1.75. The van der Waals surface area contributed by atoms with Crippen LogP contribution in [0.2, 0.25) is 0 Å². The highest BCUT2D eigenvalue weighted by Gasteiger charge is 2.10. The lowest BCUT2D eigenvalue weighted by molar-refractivity contribution is 1.05. The fourth-order valence-corrected chi connectivity index (χ4v) is 2.78. The average Bonchev–Trinajstić information content (AvgIpc) is 2.70. The minimum Gasteiger partial charge on any atom is -0.357 e. The molecule has 140 valence electrons. The topological polar surface area (TPSA) is 98.5 Å². The second kappa shape index (κ2) is 8.18. The van der Waals surface area contributed by atoms with E-state index >= 15 is 0 Å². The van der Waals surface area contributed by atoms with Gasteiger partial charge in [-0.05, 0) is 66.9 Å². The summed E-state index contributed by atoms with van der Waals surface area (Å²) in [5.41, 5.74) is 5.53. The third-order valence-electron chi connectivity index (χ3n) is 4.16. The van der Waals surface area contributed by atoms with Crippen molar-refractivity contribution < 1.29 is 0 Å². The van der Waals surface area contributed by atoms with Crippen molar-refractivity contribution in [3.05, 3.63) is 65.2 Å². The van der Waals surface area contributed by atoms with E-state index in [0.717, 1.165) is 28.1 Å². The molecule has 0 spiro atoms. The summed E-state index contributed by atoms with van der Waals surface area (Å²) >= 11 is 0. The number of rotatable bonds is 6. The van der Waals surface area contributed by atoms with Crippen LogP contribution in [0.15, 0.2) is 43.0 Å². The zero-order valence-electron chi connectivity index (χ0n) is 16.0. The molecular formula is C21H21N7. The lowest BCUT2D eigenvalue weighted by Crippen LogP contribution is -2.08. The molecule has 1 aromatic heterocycles. The summed E-state index contributed by atoms with van der Waals surface area (Å²) in [6, 6.07) is 13.3. The molecule has 0 aliphatic heterocycles. The van der Waals surface area contributed by atoms with Gasteiger partial charge in [-0.15, -0.1) is 0 Å². The van der Waals surface area contributed by atoms with Gasteiger partial charge in [0.25, 0.3) is 0 Å². The molecule has 0 unspecified atom stereocenters. The van der Waals surface area contributed by atoms with Gasteiger partial charge < -0.3 is 16.0 Å². The van der Waals surface area contributed by atoms with E-state index < -0.39 is 0 Å². The molecule has 7 heteroatoms. The molecule has 0 amide bonds. The molecule has 0 saturated heterocycles. The van der Waals surface area contributed by atoms with Crippen LogP contribution in [0.3, 0.4) is 0 Å². The van der Waals surface area contributed by atoms with Crippen LogP contribution in [0.5, 0.6) is 0 Å². The van der Waals surface area contributed by atoms with E-state index in [-0.39, 0.29) is 0 Å². The number of nitriles is 1. The summed E-state index contributed by atoms with van der Waals surface area (Å²) in [5.74, 6) is 1.25. The highest BCUT2D eigenvalue weighted by atomic mass is 15.3. The van der Waals surface area contributed by atoms with Crippen LogP contribution in [0.25, 0.3) is 6.08 Å². The summed E-state index contributed by atoms with van der Waals surface area (Å²) < 4.78 is 0. The monoisotopic (exact) mass is 371 g/mol. The smallest absolute Gasteiger partial charge is 0.233 e. The SMILES string of the molecule is C=Cc1cc(C)c(Nc2nc(NC)nc(Nc3ccc(C#N)cc3)n2)c(C)c1. The van der Waals surface area contributed by atoms with Gasteiger partial charge in [0.15, 0.2) is 0 Å². The largest absolute Gasteiger partial charge is 0.357 e. The van der Waals surface area contributed by atoms with Crippen molar-refractivity contribution in [1.82, 2.24) is 15.0 Å². The van der Waals surface area contributed by atoms with Gasteiger partial charge in [-0.2, -0.15) is 20.2 Å². The Morgan fingerprint density at radius 3 is 2.04 bits per heavy atom. The van der Waals surface area contributed by atoms with Crippen molar-refractivity contribution in [2.24, 2.45) is 0 Å². The third kappa shape index (κ3) is 4.24. The van der Waals surface area contributed by atoms with Crippen LogP contribution in [-0.4, -0.2) is 22.0 Å². The number of aryl methyl sites for hydroxylation is 2. The Bertz CT molecular complexity index is 1030. The van der Waals surface area contributed by atoms with Crippen molar-refractivity contribution in [2.45, 2.75) is 13.8 Å². The molecule has 0 bridgehead atoms. The number of nitrogens with zero attached hydrogens (tertiary/aromatic N) is 4. The van der Waals surface area contributed by atoms with Crippen molar-refractivity contribution in [3.63, 3.8) is 0 Å². The summed E-state index contributed by atoms with van der Waals surface area (Å²) in [6.45, 7) is 7.88. The number of aromatic nitrogens is 3. The number of hydrogen-bond acceptors (Lipinski definition) is 7. The Balaban J connectivity index is 1.91. The molecule has 28 heavy (non-hydrogen) atoms. The van der Waals surface area contributed by atoms with Crippen LogP contribution in [0, 0.1) is 25.2 Å². The van der Waals surface area contributed by atoms with Crippen LogP contribution in [-0.2, 0) is 0 Å². The number of nitrogens with one attached hydrogen (secondary N) is 3. The lowest BCUT2D eigenvalue weighted by atomic mass is 10.0. The van der Waals surface area contributed by atoms with E-state index in [2.05, 4.69) is 55.7 Å². The van der Waals surface area contributed by atoms with Gasteiger partial charge >= 0.3 is 0 Å². The van der Waals surface area contributed by atoms with Gasteiger partial charge in [0.2, 0.25) is 17.8 Å². The molecule has 3 aromatic rings. The number of anilines is 5. The van der Waals surface area contributed by atoms with E-state index in [1.807, 2.05) is 19.9 Å². The number of hydrogen-bond donors (Lipinski definition) is 3. The molecule has 0 atom stereocenters. The van der Waals surface area contributed by atoms with Gasteiger partial charge in [-0.25, -0.2) is 0 Å². The van der Waals surface area contributed by atoms with Gasteiger partial charge in [0.05, 0.1) is 11.6 Å². The molecule has 0 aliphatic rings. The summed E-state index contributed by atoms with van der Waals surface area (Å²) in [6.07, 6.45) is 1.82. The Labute approximate surface area is 164 Å². The van der Waals surface area contributed by atoms with Crippen molar-refractivity contribution in [1.29, 1.82) is 5.26 Å². The molecule has 0 aliphatic carbocycles. The zero-order valence-corrected chi connectivity index (χ0v) is 16.0. The van der Waals surface area contributed by atoms with Crippen LogP contribution in [0.1, 0.15) is 22.3 Å². The van der Waals surface area contributed by atoms with E-state index in [0.29, 0.717) is 23.4 Å². The Hall–Kier alpha value is -3.92. The zero-order chi connectivity index (χ0) is 20.1. The summed E-state index contributed by atoms with van der Waals surface area (Å²) in [5, 5.41) is 18.3. The highest BCUT2D eigenvalue weighted by Crippen LogP contribution is 2.26. The Morgan fingerprint density at radius 2 is 1.50 bits per heavy atom. The van der Waals surface area contributed by atoms with E-state index in [1.165, 1.54) is 0 Å². The van der Waals surface area contributed by atoms with Crippen molar-refractivity contribution in [3.8, 4) is 6.07 Å². The maximum Gasteiger partial charge on any atom is 0.233 e. The lowest BCUT2D eigenvalue weighted by Gasteiger charge is -2.14. The quantitative estimate of drug-likeness (QED) is 0.585. The van der Waals surface area contributed by atoms with Crippen LogP contribution >= 0.6 is 0 Å². The predicted molar refractivity (Wildman–Crippen MR) is 113 cm³/mol. The van der Waals surface area contributed by atoms with E-state index in [4.69, 9.17) is 5.26 Å². The fraction of sp³-hybridized carbons (Fsp3) is 0.143. The maximum absolute atomic E-state index is 8.92. The van der Waals surface area contributed by atoms with Gasteiger partial charge in [0.1, 0.15) is 0 Å². The first-order valence-electron chi connectivity index (χ1n) is 8.74. The second-order valence-electron chi connectivity index (χ2n) is 6.23. The Kier molecular flexibility index (Phi) is 5.51. The fourth-order valence-electron chi connectivity index (χ4n) is 2.78. The third-order valence-corrected chi connectivity index (χ3v) is 4.16. The molecule has 0 radical (unpaired) electrons. The molecule has 3 N–H and O–H groups in total. The highest BCUT2D eigenvalue weighted by molar-refractivity contribution is 5.68. The standard InChI is InChI=1S/C21H21N7/c1-5-15-10-13(2)18(14(3)11-15)25-21-27-19(23-4)26-20(28-21)24-17-8-6-16(12-22)7-9-17/h5-11H,1H2,2-4H3,(H3,23,24,25,26,27,28). The normalized spacial score (nSPS) is 10.1. The molecular weight excluding hydrogens is 350 g/mol. The molecule has 1 heterocycles. The van der Waals surface area contributed by atoms with Crippen molar-refractivity contribution in [2.75, 3.05) is 23.0 Å². The van der Waals surface area contributed by atoms with Crippen LogP contribution < -0.4 is 16.0 Å². The minimum absolute atomic E-state index is 0.393. The second-order valence-corrected chi connectivity index (χ2v) is 6.23. The number of benzene rings is 2. The van der Waals surface area contributed by atoms with E-state index in [9.17, 15) is 0 Å². The first-order chi connectivity index (χ1) is 13.5. The van der Waals surface area contributed by atoms with Gasteiger partial charge in [0, 0.05) is 18.4 Å². The molecule has 0 fully saturated rings. The minimum atomic E-state index is 0.393. The molecule has 3 rings (SSSR count). The van der Waals surface area contributed by atoms with E-state index in [1.54, 1.807) is 31.3 Å².